The van der Waals surface area contributed by atoms with Gasteiger partial charge in [0.05, 0.1) is 20.8 Å². The Kier molecular flexibility index (Phi) is 3.08. The van der Waals surface area contributed by atoms with E-state index in [0.717, 1.165) is 48.3 Å². The lowest BCUT2D eigenvalue weighted by Gasteiger charge is -2.16. The van der Waals surface area contributed by atoms with E-state index in [1.165, 1.54) is 0 Å². The molecule has 0 radical (unpaired) electrons. The van der Waals surface area contributed by atoms with Gasteiger partial charge in [-0.3, -0.25) is 0 Å². The van der Waals surface area contributed by atoms with Gasteiger partial charge in [0.2, 0.25) is 0 Å². The molecule has 2 aromatic rings. The number of methoxy groups -OCH3 is 2. The minimum atomic E-state index is 0.751. The van der Waals surface area contributed by atoms with E-state index in [9.17, 15) is 0 Å². The Hall–Kier alpha value is -2.08. The average molecular weight is 260 g/mol. The normalized spacial score (nSPS) is 14.0. The largest absolute Gasteiger partial charge is 0.497 e. The fourth-order valence-electron chi connectivity index (χ4n) is 2.24. The highest BCUT2D eigenvalue weighted by Gasteiger charge is 2.17. The van der Waals surface area contributed by atoms with Gasteiger partial charge in [0.1, 0.15) is 17.3 Å². The maximum absolute atomic E-state index is 5.29. The van der Waals surface area contributed by atoms with Crippen molar-refractivity contribution in [2.24, 2.45) is 0 Å². The van der Waals surface area contributed by atoms with Crippen LogP contribution in [0.4, 0.5) is 0 Å². The maximum atomic E-state index is 5.29. The zero-order valence-electron chi connectivity index (χ0n) is 11.0. The zero-order chi connectivity index (χ0) is 13.2. The van der Waals surface area contributed by atoms with Gasteiger partial charge in [0.25, 0.3) is 0 Å². The van der Waals surface area contributed by atoms with Crippen molar-refractivity contribution in [2.75, 3.05) is 20.8 Å². The van der Waals surface area contributed by atoms with Gasteiger partial charge in [-0.2, -0.15) is 0 Å². The fraction of sp³-hybridized carbons (Fsp3) is 0.385. The number of hydrogen-bond acceptors (Lipinski definition) is 5. The quantitative estimate of drug-likeness (QED) is 0.894. The molecule has 0 saturated heterocycles. The van der Waals surface area contributed by atoms with Gasteiger partial charge in [-0.1, -0.05) is 0 Å². The molecule has 6 heteroatoms. The van der Waals surface area contributed by atoms with Gasteiger partial charge in [-0.15, -0.1) is 10.2 Å². The molecule has 0 amide bonds. The summed E-state index contributed by atoms with van der Waals surface area (Å²) in [5, 5.41) is 11.8. The Morgan fingerprint density at radius 1 is 1.11 bits per heavy atom. The molecule has 0 bridgehead atoms. The van der Waals surface area contributed by atoms with Crippen LogP contribution in [0, 0.1) is 0 Å². The SMILES string of the molecule is COc1cc(OC)cc(-c2nnc3n2CCNC3)c1. The van der Waals surface area contributed by atoms with E-state index >= 15 is 0 Å². The first-order chi connectivity index (χ1) is 9.31. The van der Waals surface area contributed by atoms with Gasteiger partial charge in [-0.05, 0) is 12.1 Å². The van der Waals surface area contributed by atoms with Gasteiger partial charge in [0.15, 0.2) is 5.82 Å². The summed E-state index contributed by atoms with van der Waals surface area (Å²) in [4.78, 5) is 0. The Bertz CT molecular complexity index is 572. The number of hydrogen-bond donors (Lipinski definition) is 1. The van der Waals surface area contributed by atoms with Gasteiger partial charge < -0.3 is 19.4 Å². The molecule has 2 heterocycles. The molecular formula is C13H16N4O2. The minimum Gasteiger partial charge on any atom is -0.497 e. The lowest BCUT2D eigenvalue weighted by atomic mass is 10.2. The Labute approximate surface area is 111 Å². The molecule has 0 fully saturated rings. The van der Waals surface area contributed by atoms with Crippen LogP contribution in [0.2, 0.25) is 0 Å². The predicted molar refractivity (Wildman–Crippen MR) is 70.3 cm³/mol. The van der Waals surface area contributed by atoms with Crippen molar-refractivity contribution in [1.82, 2.24) is 20.1 Å². The van der Waals surface area contributed by atoms with Crippen LogP contribution in [0.15, 0.2) is 18.2 Å². The summed E-state index contributed by atoms with van der Waals surface area (Å²) in [6.45, 7) is 2.56. The predicted octanol–water partition coefficient (Wildman–Crippen LogP) is 1.07. The smallest absolute Gasteiger partial charge is 0.164 e. The lowest BCUT2D eigenvalue weighted by molar-refractivity contribution is 0.394. The van der Waals surface area contributed by atoms with E-state index in [1.54, 1.807) is 14.2 Å². The molecule has 19 heavy (non-hydrogen) atoms. The first kappa shape index (κ1) is 12.0. The van der Waals surface area contributed by atoms with Crippen LogP contribution in [-0.2, 0) is 13.1 Å². The van der Waals surface area contributed by atoms with E-state index in [-0.39, 0.29) is 0 Å². The molecule has 0 atom stereocenters. The second-order valence-electron chi connectivity index (χ2n) is 4.37. The number of fused-ring (bicyclic) bond motifs is 1. The number of nitrogens with one attached hydrogen (secondary N) is 1. The van der Waals surface area contributed by atoms with Crippen molar-refractivity contribution in [2.45, 2.75) is 13.1 Å². The molecule has 1 aliphatic heterocycles. The molecule has 3 rings (SSSR count). The van der Waals surface area contributed by atoms with Gasteiger partial charge in [0, 0.05) is 24.7 Å². The van der Waals surface area contributed by atoms with Crippen molar-refractivity contribution in [3.05, 3.63) is 24.0 Å². The van der Waals surface area contributed by atoms with E-state index in [0.29, 0.717) is 0 Å². The molecule has 6 nitrogen and oxygen atoms in total. The molecular weight excluding hydrogens is 244 g/mol. The van der Waals surface area contributed by atoms with Crippen LogP contribution < -0.4 is 14.8 Å². The van der Waals surface area contributed by atoms with Crippen LogP contribution in [0.5, 0.6) is 11.5 Å². The molecule has 0 spiro atoms. The number of nitrogens with zero attached hydrogens (tertiary/aromatic N) is 3. The molecule has 1 N–H and O–H groups in total. The topological polar surface area (TPSA) is 61.2 Å². The van der Waals surface area contributed by atoms with Crippen LogP contribution in [-0.4, -0.2) is 35.5 Å². The average Bonchev–Trinajstić information content (AvgIpc) is 2.90. The summed E-state index contributed by atoms with van der Waals surface area (Å²) < 4.78 is 12.7. The second-order valence-corrected chi connectivity index (χ2v) is 4.37. The number of rotatable bonds is 3. The molecule has 1 aromatic heterocycles. The molecule has 0 unspecified atom stereocenters. The minimum absolute atomic E-state index is 0.751. The zero-order valence-corrected chi connectivity index (χ0v) is 11.0. The van der Waals surface area contributed by atoms with Crippen molar-refractivity contribution < 1.29 is 9.47 Å². The summed E-state index contributed by atoms with van der Waals surface area (Å²) in [5.41, 5.74) is 0.955. The third kappa shape index (κ3) is 2.15. The standard InChI is InChI=1S/C13H16N4O2/c1-18-10-5-9(6-11(7-10)19-2)13-16-15-12-8-14-3-4-17(12)13/h5-7,14H,3-4,8H2,1-2H3. The summed E-state index contributed by atoms with van der Waals surface area (Å²) in [5.74, 6) is 3.32. The van der Waals surface area contributed by atoms with E-state index in [2.05, 4.69) is 20.1 Å². The summed E-state index contributed by atoms with van der Waals surface area (Å²) in [6, 6.07) is 5.74. The van der Waals surface area contributed by atoms with E-state index in [1.807, 2.05) is 18.2 Å². The van der Waals surface area contributed by atoms with E-state index < -0.39 is 0 Å². The molecule has 1 aliphatic rings. The summed E-state index contributed by atoms with van der Waals surface area (Å²) in [7, 11) is 3.28. The van der Waals surface area contributed by atoms with Crippen LogP contribution in [0.25, 0.3) is 11.4 Å². The molecule has 100 valence electrons. The highest BCUT2D eigenvalue weighted by atomic mass is 16.5. The summed E-state index contributed by atoms with van der Waals surface area (Å²) >= 11 is 0. The second kappa shape index (κ2) is 4.89. The maximum Gasteiger partial charge on any atom is 0.164 e. The van der Waals surface area contributed by atoms with E-state index in [4.69, 9.17) is 9.47 Å². The van der Waals surface area contributed by atoms with Crippen LogP contribution in [0.3, 0.4) is 0 Å². The number of benzene rings is 1. The number of ether oxygens (including phenoxy) is 2. The molecule has 0 saturated carbocycles. The van der Waals surface area contributed by atoms with Gasteiger partial charge in [-0.25, -0.2) is 0 Å². The van der Waals surface area contributed by atoms with Crippen LogP contribution in [0.1, 0.15) is 5.82 Å². The van der Waals surface area contributed by atoms with Crippen molar-refractivity contribution in [3.8, 4) is 22.9 Å². The van der Waals surface area contributed by atoms with Crippen molar-refractivity contribution in [3.63, 3.8) is 0 Å². The third-order valence-electron chi connectivity index (χ3n) is 3.23. The Morgan fingerprint density at radius 3 is 2.53 bits per heavy atom. The van der Waals surface area contributed by atoms with Crippen molar-refractivity contribution in [1.29, 1.82) is 0 Å². The van der Waals surface area contributed by atoms with Crippen LogP contribution >= 0.6 is 0 Å². The first-order valence-electron chi connectivity index (χ1n) is 6.18. The molecule has 0 aliphatic carbocycles. The Morgan fingerprint density at radius 2 is 1.84 bits per heavy atom. The van der Waals surface area contributed by atoms with Gasteiger partial charge >= 0.3 is 0 Å². The highest BCUT2D eigenvalue weighted by Crippen LogP contribution is 2.29. The first-order valence-corrected chi connectivity index (χ1v) is 6.18. The Balaban J connectivity index is 2.08. The molecule has 1 aromatic carbocycles. The monoisotopic (exact) mass is 260 g/mol. The third-order valence-corrected chi connectivity index (χ3v) is 3.23. The number of aromatic nitrogens is 3. The summed E-state index contributed by atoms with van der Waals surface area (Å²) in [6.07, 6.45) is 0. The fourth-order valence-corrected chi connectivity index (χ4v) is 2.24. The van der Waals surface area contributed by atoms with Crippen molar-refractivity contribution >= 4 is 0 Å². The highest BCUT2D eigenvalue weighted by molar-refractivity contribution is 5.61. The lowest BCUT2D eigenvalue weighted by Crippen LogP contribution is -2.28.